The highest BCUT2D eigenvalue weighted by Gasteiger charge is 2.45. The van der Waals surface area contributed by atoms with E-state index in [1.54, 1.807) is 30.3 Å². The van der Waals surface area contributed by atoms with Crippen LogP contribution in [-0.2, 0) is 10.0 Å². The lowest BCUT2D eigenvalue weighted by Crippen LogP contribution is -2.22. The highest BCUT2D eigenvalue weighted by Crippen LogP contribution is 2.55. The van der Waals surface area contributed by atoms with Crippen LogP contribution in [-0.4, -0.2) is 50.6 Å². The summed E-state index contributed by atoms with van der Waals surface area (Å²) in [5.41, 5.74) is 1.27. The summed E-state index contributed by atoms with van der Waals surface area (Å²) in [4.78, 5) is 14.3. The molecule has 1 saturated carbocycles. The van der Waals surface area contributed by atoms with Gasteiger partial charge in [0.2, 0.25) is 0 Å². The topological polar surface area (TPSA) is 95.9 Å². The number of likely N-dealkylation sites (N-methyl/N-ethyl adjacent to an activating group) is 1. The van der Waals surface area contributed by atoms with Crippen molar-refractivity contribution in [1.29, 1.82) is 0 Å². The van der Waals surface area contributed by atoms with Crippen molar-refractivity contribution < 1.29 is 23.1 Å². The van der Waals surface area contributed by atoms with Crippen LogP contribution < -0.4 is 9.46 Å². The molecule has 0 saturated heterocycles. The largest absolute Gasteiger partial charge is 0.492 e. The second-order valence-corrected chi connectivity index (χ2v) is 9.81. The maximum atomic E-state index is 13.3. The number of nitrogens with one attached hydrogen (secondary N) is 1. The fourth-order valence-electron chi connectivity index (χ4n) is 4.22. The van der Waals surface area contributed by atoms with Gasteiger partial charge in [-0.3, -0.25) is 4.72 Å². The van der Waals surface area contributed by atoms with Crippen molar-refractivity contribution in [2.75, 3.05) is 31.0 Å². The first-order chi connectivity index (χ1) is 15.4. The van der Waals surface area contributed by atoms with Gasteiger partial charge in [0.1, 0.15) is 11.3 Å². The summed E-state index contributed by atoms with van der Waals surface area (Å²) < 4.78 is 34.7. The third-order valence-corrected chi connectivity index (χ3v) is 7.61. The van der Waals surface area contributed by atoms with Gasteiger partial charge in [-0.1, -0.05) is 50.3 Å². The summed E-state index contributed by atoms with van der Waals surface area (Å²) >= 11 is 0. The summed E-state index contributed by atoms with van der Waals surface area (Å²) in [6.45, 7) is 7.14. The van der Waals surface area contributed by atoms with Crippen LogP contribution in [0.1, 0.15) is 47.7 Å². The third-order valence-electron chi connectivity index (χ3n) is 6.17. The normalized spacial score (nSPS) is 19.3. The maximum Gasteiger partial charge on any atom is 0.341 e. The Morgan fingerprint density at radius 3 is 2.69 bits per heavy atom. The molecule has 1 aliphatic heterocycles. The number of carbonyl (C=O) groups is 1. The molecule has 1 aliphatic carbocycles. The summed E-state index contributed by atoms with van der Waals surface area (Å²) in [6, 6.07) is 9.98. The van der Waals surface area contributed by atoms with E-state index in [0.29, 0.717) is 30.6 Å². The number of fused-ring (bicyclic) bond motifs is 3. The summed E-state index contributed by atoms with van der Waals surface area (Å²) in [5, 5.41) is 9.83. The Morgan fingerprint density at radius 1 is 1.22 bits per heavy atom. The van der Waals surface area contributed by atoms with Crippen molar-refractivity contribution in [2.45, 2.75) is 31.1 Å². The van der Waals surface area contributed by atoms with Crippen molar-refractivity contribution in [3.63, 3.8) is 0 Å². The SMILES string of the molecule is CCN(CC)CC=Cc1ccccc1S(=O)(=O)Nc1ccc2c(c1C(=O)O)OCC1CC21. The van der Waals surface area contributed by atoms with Gasteiger partial charge in [-0.2, -0.15) is 0 Å². The van der Waals surface area contributed by atoms with Crippen LogP contribution in [0.15, 0.2) is 47.4 Å². The monoisotopic (exact) mass is 456 g/mol. The van der Waals surface area contributed by atoms with E-state index in [9.17, 15) is 18.3 Å². The Morgan fingerprint density at radius 2 is 1.97 bits per heavy atom. The fraction of sp³-hybridized carbons (Fsp3) is 0.375. The molecule has 1 fully saturated rings. The Hall–Kier alpha value is -2.84. The second kappa shape index (κ2) is 8.96. The van der Waals surface area contributed by atoms with Crippen molar-refractivity contribution in [3.8, 4) is 5.75 Å². The van der Waals surface area contributed by atoms with Crippen LogP contribution in [0, 0.1) is 5.92 Å². The van der Waals surface area contributed by atoms with E-state index in [2.05, 4.69) is 23.5 Å². The fourth-order valence-corrected chi connectivity index (χ4v) is 5.49. The summed E-state index contributed by atoms with van der Waals surface area (Å²) in [7, 11) is -4.03. The molecule has 0 radical (unpaired) electrons. The van der Waals surface area contributed by atoms with E-state index in [1.165, 1.54) is 12.1 Å². The average molecular weight is 457 g/mol. The first kappa shape index (κ1) is 22.4. The molecule has 2 aromatic rings. The van der Waals surface area contributed by atoms with Gasteiger partial charge in [0, 0.05) is 12.5 Å². The van der Waals surface area contributed by atoms with Gasteiger partial charge in [0.05, 0.1) is 17.2 Å². The zero-order chi connectivity index (χ0) is 22.9. The molecule has 2 aromatic carbocycles. The molecule has 2 N–H and O–H groups in total. The van der Waals surface area contributed by atoms with Crippen molar-refractivity contribution >= 4 is 27.8 Å². The number of benzene rings is 2. The van der Waals surface area contributed by atoms with Crippen LogP contribution >= 0.6 is 0 Å². The van der Waals surface area contributed by atoms with Gasteiger partial charge in [0.25, 0.3) is 10.0 Å². The highest BCUT2D eigenvalue weighted by molar-refractivity contribution is 7.92. The van der Waals surface area contributed by atoms with E-state index < -0.39 is 16.0 Å². The standard InChI is InChI=1S/C24H28N2O5S/c1-3-26(4-2)13-7-9-16-8-5-6-10-21(16)32(29,30)25-20-12-11-18-19-14-17(19)15-31-23(18)22(20)24(27)28/h5-12,17,19,25H,3-4,13-15H2,1-2H3,(H,27,28). The molecule has 2 unspecified atom stereocenters. The minimum atomic E-state index is -4.03. The number of rotatable bonds is 9. The minimum Gasteiger partial charge on any atom is -0.492 e. The van der Waals surface area contributed by atoms with Crippen LogP contribution in [0.25, 0.3) is 6.08 Å². The molecule has 1 heterocycles. The number of sulfonamides is 1. The molecule has 4 rings (SSSR count). The van der Waals surface area contributed by atoms with E-state index in [-0.39, 0.29) is 21.9 Å². The molecule has 0 spiro atoms. The molecule has 8 heteroatoms. The molecule has 2 atom stereocenters. The van der Waals surface area contributed by atoms with Crippen LogP contribution in [0.3, 0.4) is 0 Å². The smallest absolute Gasteiger partial charge is 0.341 e. The second-order valence-electron chi connectivity index (χ2n) is 8.16. The van der Waals surface area contributed by atoms with E-state index in [1.807, 2.05) is 6.08 Å². The van der Waals surface area contributed by atoms with Gasteiger partial charge in [-0.15, -0.1) is 0 Å². The molecule has 170 valence electrons. The molecular formula is C24H28N2O5S. The predicted octanol–water partition coefficient (Wildman–Crippen LogP) is 4.04. The van der Waals surface area contributed by atoms with Crippen LogP contribution in [0.2, 0.25) is 0 Å². The average Bonchev–Trinajstić information content (AvgIpc) is 3.56. The number of carboxylic acid groups (broad SMARTS) is 1. The molecule has 0 bridgehead atoms. The van der Waals surface area contributed by atoms with Crippen LogP contribution in [0.5, 0.6) is 5.75 Å². The summed E-state index contributed by atoms with van der Waals surface area (Å²) in [6.07, 6.45) is 4.70. The third kappa shape index (κ3) is 4.38. The highest BCUT2D eigenvalue weighted by atomic mass is 32.2. The first-order valence-corrected chi connectivity index (χ1v) is 12.4. The molecule has 32 heavy (non-hydrogen) atoms. The number of nitrogens with zero attached hydrogens (tertiary/aromatic N) is 1. The van der Waals surface area contributed by atoms with Gasteiger partial charge in [-0.05, 0) is 48.7 Å². The number of carboxylic acids is 1. The van der Waals surface area contributed by atoms with Gasteiger partial charge in [0.15, 0.2) is 0 Å². The lowest BCUT2D eigenvalue weighted by atomic mass is 10.0. The molecule has 0 aromatic heterocycles. The van der Waals surface area contributed by atoms with Crippen molar-refractivity contribution in [1.82, 2.24) is 4.90 Å². The zero-order valence-electron chi connectivity index (χ0n) is 18.2. The number of hydrogen-bond donors (Lipinski definition) is 2. The van der Waals surface area contributed by atoms with Gasteiger partial charge in [-0.25, -0.2) is 13.2 Å². The number of ether oxygens (including phenoxy) is 1. The number of hydrogen-bond acceptors (Lipinski definition) is 5. The first-order valence-electron chi connectivity index (χ1n) is 10.9. The number of anilines is 1. The quantitative estimate of drug-likeness (QED) is 0.591. The van der Waals surface area contributed by atoms with Crippen LogP contribution in [0.4, 0.5) is 5.69 Å². The van der Waals surface area contributed by atoms with Crippen molar-refractivity contribution in [2.24, 2.45) is 5.92 Å². The van der Waals surface area contributed by atoms with Crippen molar-refractivity contribution in [3.05, 3.63) is 59.2 Å². The van der Waals surface area contributed by atoms with Gasteiger partial charge >= 0.3 is 5.97 Å². The molecule has 0 amide bonds. The Bertz CT molecular complexity index is 1150. The van der Waals surface area contributed by atoms with E-state index in [4.69, 9.17) is 4.74 Å². The minimum absolute atomic E-state index is 0.0114. The molecular weight excluding hydrogens is 428 g/mol. The van der Waals surface area contributed by atoms with E-state index in [0.717, 1.165) is 25.1 Å². The Balaban J connectivity index is 1.65. The Labute approximate surface area is 188 Å². The zero-order valence-corrected chi connectivity index (χ0v) is 19.1. The number of aromatic carboxylic acids is 1. The van der Waals surface area contributed by atoms with E-state index >= 15 is 0 Å². The molecule has 2 aliphatic rings. The molecule has 7 nitrogen and oxygen atoms in total. The van der Waals surface area contributed by atoms with Gasteiger partial charge < -0.3 is 14.7 Å². The predicted molar refractivity (Wildman–Crippen MR) is 124 cm³/mol. The summed E-state index contributed by atoms with van der Waals surface area (Å²) in [5.74, 6) is -0.198. The lowest BCUT2D eigenvalue weighted by molar-refractivity contribution is 0.0692. The lowest BCUT2D eigenvalue weighted by Gasteiger charge is -2.21. The Kier molecular flexibility index (Phi) is 6.26. The maximum absolute atomic E-state index is 13.3.